The van der Waals surface area contributed by atoms with E-state index in [9.17, 15) is 14.4 Å². The van der Waals surface area contributed by atoms with E-state index in [2.05, 4.69) is 10.6 Å². The number of anilines is 3. The van der Waals surface area contributed by atoms with Gasteiger partial charge in [-0.1, -0.05) is 11.6 Å². The van der Waals surface area contributed by atoms with E-state index in [1.165, 1.54) is 20.3 Å². The number of halogens is 1. The van der Waals surface area contributed by atoms with Crippen LogP contribution in [0, 0.1) is 0 Å². The number of methoxy groups -OCH3 is 2. The smallest absolute Gasteiger partial charge is 0.283 e. The first-order valence-electron chi connectivity index (χ1n) is 11.3. The van der Waals surface area contributed by atoms with Gasteiger partial charge < -0.3 is 24.8 Å². The molecule has 0 bridgehead atoms. The van der Waals surface area contributed by atoms with Crippen LogP contribution in [0.3, 0.4) is 0 Å². The van der Waals surface area contributed by atoms with Crippen LogP contribution in [-0.2, 0) is 9.59 Å². The SMILES string of the molecule is CCOc1ccc(NC(=O)c2ccc(NC3=C(Cl)C(=O)N(c4cc(OC)ccc4OC)C3=O)cc2)cc1. The molecule has 0 saturated heterocycles. The van der Waals surface area contributed by atoms with Gasteiger partial charge in [0, 0.05) is 23.0 Å². The second kappa shape index (κ2) is 11.0. The Hall–Kier alpha value is -4.50. The number of imide groups is 1. The lowest BCUT2D eigenvalue weighted by molar-refractivity contribution is -0.120. The highest BCUT2D eigenvalue weighted by Gasteiger charge is 2.40. The van der Waals surface area contributed by atoms with Gasteiger partial charge in [0.1, 0.15) is 28.0 Å². The number of rotatable bonds is 9. The van der Waals surface area contributed by atoms with Crippen LogP contribution in [0.25, 0.3) is 0 Å². The van der Waals surface area contributed by atoms with Gasteiger partial charge in [0.05, 0.1) is 26.5 Å². The van der Waals surface area contributed by atoms with Crippen LogP contribution in [0.4, 0.5) is 17.1 Å². The van der Waals surface area contributed by atoms with Crippen LogP contribution in [-0.4, -0.2) is 38.5 Å². The van der Waals surface area contributed by atoms with Gasteiger partial charge in [-0.2, -0.15) is 0 Å². The Morgan fingerprint density at radius 2 is 1.51 bits per heavy atom. The van der Waals surface area contributed by atoms with Crippen LogP contribution < -0.4 is 29.7 Å². The molecule has 9 nitrogen and oxygen atoms in total. The molecule has 0 unspecified atom stereocenters. The molecular formula is C27H24ClN3O6. The summed E-state index contributed by atoms with van der Waals surface area (Å²) in [5.41, 5.74) is 1.59. The Bertz CT molecular complexity index is 1370. The lowest BCUT2D eigenvalue weighted by Crippen LogP contribution is -2.32. The molecule has 4 rings (SSSR count). The maximum Gasteiger partial charge on any atom is 0.283 e. The van der Waals surface area contributed by atoms with E-state index in [1.54, 1.807) is 60.7 Å². The van der Waals surface area contributed by atoms with E-state index in [0.717, 1.165) is 4.90 Å². The molecule has 0 radical (unpaired) electrons. The van der Waals surface area contributed by atoms with Gasteiger partial charge in [-0.25, -0.2) is 4.90 Å². The third-order valence-corrected chi connectivity index (χ3v) is 5.84. The molecule has 3 aromatic rings. The molecule has 1 aliphatic rings. The summed E-state index contributed by atoms with van der Waals surface area (Å²) >= 11 is 6.25. The zero-order valence-electron chi connectivity index (χ0n) is 20.3. The summed E-state index contributed by atoms with van der Waals surface area (Å²) in [5, 5.41) is 5.43. The van der Waals surface area contributed by atoms with Gasteiger partial charge in [0.25, 0.3) is 17.7 Å². The van der Waals surface area contributed by atoms with E-state index in [0.29, 0.717) is 40.8 Å². The van der Waals surface area contributed by atoms with Crippen LogP contribution >= 0.6 is 11.6 Å². The van der Waals surface area contributed by atoms with Crippen molar-refractivity contribution in [2.45, 2.75) is 6.92 Å². The third kappa shape index (κ3) is 5.36. The normalized spacial score (nSPS) is 13.0. The molecule has 0 aliphatic carbocycles. The third-order valence-electron chi connectivity index (χ3n) is 5.49. The molecular weight excluding hydrogens is 498 g/mol. The summed E-state index contributed by atoms with van der Waals surface area (Å²) in [6.07, 6.45) is 0. The topological polar surface area (TPSA) is 106 Å². The Balaban J connectivity index is 1.47. The van der Waals surface area contributed by atoms with Crippen LogP contribution in [0.1, 0.15) is 17.3 Å². The van der Waals surface area contributed by atoms with Gasteiger partial charge in [-0.15, -0.1) is 0 Å². The van der Waals surface area contributed by atoms with E-state index < -0.39 is 11.8 Å². The first-order valence-corrected chi connectivity index (χ1v) is 11.7. The summed E-state index contributed by atoms with van der Waals surface area (Å²) in [7, 11) is 2.90. The van der Waals surface area contributed by atoms with Gasteiger partial charge in [0.2, 0.25) is 0 Å². The first-order chi connectivity index (χ1) is 17.9. The maximum absolute atomic E-state index is 13.2. The molecule has 37 heavy (non-hydrogen) atoms. The number of ether oxygens (including phenoxy) is 3. The monoisotopic (exact) mass is 521 g/mol. The summed E-state index contributed by atoms with van der Waals surface area (Å²) in [6.45, 7) is 2.45. The number of hydrogen-bond donors (Lipinski definition) is 2. The minimum absolute atomic E-state index is 0.0943. The second-order valence-electron chi connectivity index (χ2n) is 7.79. The fourth-order valence-electron chi connectivity index (χ4n) is 3.66. The summed E-state index contributed by atoms with van der Waals surface area (Å²) in [6, 6.07) is 18.2. The zero-order chi connectivity index (χ0) is 26.5. The summed E-state index contributed by atoms with van der Waals surface area (Å²) in [4.78, 5) is 39.6. The van der Waals surface area contributed by atoms with Crippen molar-refractivity contribution in [3.05, 3.63) is 83.0 Å². The average molecular weight is 522 g/mol. The van der Waals surface area contributed by atoms with Gasteiger partial charge in [-0.3, -0.25) is 14.4 Å². The lowest BCUT2D eigenvalue weighted by Gasteiger charge is -2.19. The summed E-state index contributed by atoms with van der Waals surface area (Å²) in [5.74, 6) is -0.210. The number of benzene rings is 3. The number of hydrogen-bond acceptors (Lipinski definition) is 7. The quantitative estimate of drug-likeness (QED) is 0.390. The molecule has 3 amide bonds. The van der Waals surface area contributed by atoms with Crippen molar-refractivity contribution in [1.82, 2.24) is 0 Å². The lowest BCUT2D eigenvalue weighted by atomic mass is 10.2. The van der Waals surface area contributed by atoms with Gasteiger partial charge >= 0.3 is 0 Å². The van der Waals surface area contributed by atoms with Crippen molar-refractivity contribution in [2.24, 2.45) is 0 Å². The predicted octanol–water partition coefficient (Wildman–Crippen LogP) is 4.79. The van der Waals surface area contributed by atoms with Crippen molar-refractivity contribution in [3.63, 3.8) is 0 Å². The Labute approximate surface area is 218 Å². The molecule has 1 heterocycles. The first kappa shape index (κ1) is 25.6. The maximum atomic E-state index is 13.2. The molecule has 0 fully saturated rings. The van der Waals surface area contributed by atoms with Gasteiger partial charge in [0.15, 0.2) is 0 Å². The standard InChI is InChI=1S/C27H24ClN3O6/c1-4-37-19-11-9-18(10-12-19)30-25(32)16-5-7-17(8-6-16)29-24-23(28)26(33)31(27(24)34)21-15-20(35-2)13-14-22(21)36-3/h5-15,29H,4H2,1-3H3,(H,30,32). The van der Waals surface area contributed by atoms with Crippen molar-refractivity contribution < 1.29 is 28.6 Å². The van der Waals surface area contributed by atoms with Crippen LogP contribution in [0.5, 0.6) is 17.2 Å². The van der Waals surface area contributed by atoms with Crippen LogP contribution in [0.15, 0.2) is 77.5 Å². The number of nitrogens with zero attached hydrogens (tertiary/aromatic N) is 1. The molecule has 2 N–H and O–H groups in total. The number of nitrogens with one attached hydrogen (secondary N) is 2. The highest BCUT2D eigenvalue weighted by Crippen LogP contribution is 2.38. The minimum atomic E-state index is -0.702. The van der Waals surface area contributed by atoms with E-state index >= 15 is 0 Å². The molecule has 3 aromatic carbocycles. The fourth-order valence-corrected chi connectivity index (χ4v) is 3.87. The Kier molecular flexibility index (Phi) is 7.64. The molecule has 10 heteroatoms. The Morgan fingerprint density at radius 1 is 0.865 bits per heavy atom. The average Bonchev–Trinajstić information content (AvgIpc) is 3.12. The highest BCUT2D eigenvalue weighted by atomic mass is 35.5. The van der Waals surface area contributed by atoms with Crippen molar-refractivity contribution in [3.8, 4) is 17.2 Å². The molecule has 1 aliphatic heterocycles. The van der Waals surface area contributed by atoms with Crippen molar-refractivity contribution >= 4 is 46.4 Å². The molecule has 0 aromatic heterocycles. The van der Waals surface area contributed by atoms with Gasteiger partial charge in [-0.05, 0) is 67.6 Å². The molecule has 0 atom stereocenters. The molecule has 190 valence electrons. The number of amides is 3. The summed E-state index contributed by atoms with van der Waals surface area (Å²) < 4.78 is 15.9. The fraction of sp³-hybridized carbons (Fsp3) is 0.148. The highest BCUT2D eigenvalue weighted by molar-refractivity contribution is 6.53. The predicted molar refractivity (Wildman–Crippen MR) is 141 cm³/mol. The molecule has 0 saturated carbocycles. The van der Waals surface area contributed by atoms with Crippen LogP contribution in [0.2, 0.25) is 0 Å². The molecule has 0 spiro atoms. The largest absolute Gasteiger partial charge is 0.497 e. The second-order valence-corrected chi connectivity index (χ2v) is 8.16. The number of carbonyl (C=O) groups excluding carboxylic acids is 3. The van der Waals surface area contributed by atoms with Crippen molar-refractivity contribution in [2.75, 3.05) is 36.4 Å². The van der Waals surface area contributed by atoms with E-state index in [1.807, 2.05) is 6.92 Å². The van der Waals surface area contributed by atoms with E-state index in [4.69, 9.17) is 25.8 Å². The van der Waals surface area contributed by atoms with E-state index in [-0.39, 0.29) is 22.3 Å². The Morgan fingerprint density at radius 3 is 2.14 bits per heavy atom. The zero-order valence-corrected chi connectivity index (χ0v) is 21.1. The minimum Gasteiger partial charge on any atom is -0.497 e. The van der Waals surface area contributed by atoms with Crippen molar-refractivity contribution in [1.29, 1.82) is 0 Å². The number of carbonyl (C=O) groups is 3.